The molecule has 1 saturated carbocycles. The van der Waals surface area contributed by atoms with Gasteiger partial charge in [0.2, 0.25) is 0 Å². The van der Waals surface area contributed by atoms with Crippen LogP contribution in [0.3, 0.4) is 0 Å². The van der Waals surface area contributed by atoms with Gasteiger partial charge in [0.1, 0.15) is 5.82 Å². The van der Waals surface area contributed by atoms with Crippen molar-refractivity contribution in [3.8, 4) is 0 Å². The summed E-state index contributed by atoms with van der Waals surface area (Å²) in [6, 6.07) is 15.1. The number of pyridine rings is 1. The molecule has 0 saturated heterocycles. The third-order valence-electron chi connectivity index (χ3n) is 5.52. The molecule has 0 amide bonds. The first-order valence-corrected chi connectivity index (χ1v) is 7.23. The van der Waals surface area contributed by atoms with Crippen molar-refractivity contribution in [3.05, 3.63) is 48.0 Å². The Morgan fingerprint density at radius 1 is 1.00 bits per heavy atom. The van der Waals surface area contributed by atoms with Crippen molar-refractivity contribution in [1.82, 2.24) is 4.98 Å². The zero-order valence-electron chi connectivity index (χ0n) is 11.7. The molecule has 2 atom stereocenters. The molecule has 2 unspecified atom stereocenters. The highest BCUT2D eigenvalue weighted by molar-refractivity contribution is 6.12. The van der Waals surface area contributed by atoms with E-state index in [4.69, 9.17) is 4.98 Å². The van der Waals surface area contributed by atoms with Crippen molar-refractivity contribution < 1.29 is 0 Å². The number of nitrogens with one attached hydrogen (secondary N) is 1. The van der Waals surface area contributed by atoms with Crippen LogP contribution < -0.4 is 5.32 Å². The Morgan fingerprint density at radius 3 is 2.70 bits per heavy atom. The lowest BCUT2D eigenvalue weighted by Gasteiger charge is -2.29. The quantitative estimate of drug-likeness (QED) is 0.612. The molecule has 0 radical (unpaired) electrons. The number of nitrogens with zero attached hydrogens (tertiary/aromatic N) is 1. The zero-order valence-corrected chi connectivity index (χ0v) is 11.7. The molecule has 1 aliphatic carbocycles. The van der Waals surface area contributed by atoms with Crippen LogP contribution in [-0.4, -0.2) is 10.5 Å². The minimum absolute atomic E-state index is 0.170. The predicted octanol–water partition coefficient (Wildman–Crippen LogP) is 4.23. The second-order valence-corrected chi connectivity index (χ2v) is 6.67. The average molecular weight is 260 g/mol. The fraction of sp³-hybridized carbons (Fsp3) is 0.278. The van der Waals surface area contributed by atoms with E-state index in [2.05, 4.69) is 61.6 Å². The Kier molecular flexibility index (Phi) is 1.59. The van der Waals surface area contributed by atoms with E-state index in [-0.39, 0.29) is 11.0 Å². The van der Waals surface area contributed by atoms with Gasteiger partial charge in [0.05, 0.1) is 5.52 Å². The van der Waals surface area contributed by atoms with Crippen LogP contribution in [0.25, 0.3) is 21.7 Å². The molecule has 2 nitrogen and oxygen atoms in total. The number of para-hydroxylation sites is 1. The van der Waals surface area contributed by atoms with Gasteiger partial charge in [0.15, 0.2) is 0 Å². The van der Waals surface area contributed by atoms with Crippen molar-refractivity contribution in [3.63, 3.8) is 0 Å². The number of anilines is 1. The van der Waals surface area contributed by atoms with Gasteiger partial charge in [0, 0.05) is 21.7 Å². The van der Waals surface area contributed by atoms with Crippen molar-refractivity contribution in [2.24, 2.45) is 0 Å². The molecule has 1 aromatic heterocycles. The van der Waals surface area contributed by atoms with E-state index in [1.807, 2.05) is 0 Å². The number of fused-ring (bicyclic) bond motifs is 4. The summed E-state index contributed by atoms with van der Waals surface area (Å²) in [6.45, 7) is 4.68. The van der Waals surface area contributed by atoms with Gasteiger partial charge in [0.25, 0.3) is 0 Å². The van der Waals surface area contributed by atoms with E-state index in [1.165, 1.54) is 28.1 Å². The first-order valence-electron chi connectivity index (χ1n) is 7.23. The third-order valence-corrected chi connectivity index (χ3v) is 5.52. The zero-order chi connectivity index (χ0) is 13.5. The van der Waals surface area contributed by atoms with E-state index >= 15 is 0 Å². The van der Waals surface area contributed by atoms with Crippen molar-refractivity contribution in [2.45, 2.75) is 31.2 Å². The Labute approximate surface area is 117 Å². The Bertz CT molecular complexity index is 898. The van der Waals surface area contributed by atoms with Gasteiger partial charge in [-0.3, -0.25) is 0 Å². The Hall–Kier alpha value is -2.09. The number of aromatic nitrogens is 1. The van der Waals surface area contributed by atoms with Crippen LogP contribution in [0.1, 0.15) is 25.8 Å². The highest BCUT2D eigenvalue weighted by Gasteiger charge is 2.64. The first kappa shape index (κ1) is 10.7. The molecule has 98 valence electrons. The van der Waals surface area contributed by atoms with Crippen molar-refractivity contribution in [2.75, 3.05) is 5.32 Å². The summed E-state index contributed by atoms with van der Waals surface area (Å²) >= 11 is 0. The number of rotatable bonds is 0. The number of hydrogen-bond acceptors (Lipinski definition) is 2. The summed E-state index contributed by atoms with van der Waals surface area (Å²) in [4.78, 5) is 4.88. The molecule has 2 aliphatic rings. The smallest absolute Gasteiger partial charge is 0.135 e. The fourth-order valence-corrected chi connectivity index (χ4v) is 4.06. The largest absolute Gasteiger partial charge is 0.363 e. The van der Waals surface area contributed by atoms with Gasteiger partial charge in [-0.2, -0.15) is 0 Å². The van der Waals surface area contributed by atoms with Gasteiger partial charge in [-0.15, -0.1) is 0 Å². The minimum atomic E-state index is 0.170. The van der Waals surface area contributed by atoms with E-state index in [0.717, 1.165) is 11.3 Å². The summed E-state index contributed by atoms with van der Waals surface area (Å²) in [6.07, 6.45) is 1.19. The summed E-state index contributed by atoms with van der Waals surface area (Å²) in [5.41, 5.74) is 2.96. The Morgan fingerprint density at radius 2 is 1.80 bits per heavy atom. The van der Waals surface area contributed by atoms with E-state index in [0.29, 0.717) is 0 Å². The van der Waals surface area contributed by atoms with Crippen molar-refractivity contribution in [1.29, 1.82) is 0 Å². The molecule has 5 rings (SSSR count). The van der Waals surface area contributed by atoms with Crippen molar-refractivity contribution >= 4 is 27.5 Å². The Balaban J connectivity index is 2.03. The molecule has 2 aromatic carbocycles. The van der Waals surface area contributed by atoms with Gasteiger partial charge < -0.3 is 5.32 Å². The molecular formula is C18H16N2. The SMILES string of the molecule is CC12CC1(C)c1cccc3c1c(nc1ccccc13)N2. The maximum Gasteiger partial charge on any atom is 0.135 e. The monoisotopic (exact) mass is 260 g/mol. The first-order chi connectivity index (χ1) is 9.62. The molecular weight excluding hydrogens is 244 g/mol. The van der Waals surface area contributed by atoms with Crippen LogP contribution in [0.2, 0.25) is 0 Å². The maximum absolute atomic E-state index is 4.88. The number of benzene rings is 2. The highest BCUT2D eigenvalue weighted by atomic mass is 15.1. The van der Waals surface area contributed by atoms with Crippen LogP contribution >= 0.6 is 0 Å². The van der Waals surface area contributed by atoms with E-state index in [9.17, 15) is 0 Å². The topological polar surface area (TPSA) is 24.9 Å². The predicted molar refractivity (Wildman–Crippen MR) is 83.2 cm³/mol. The van der Waals surface area contributed by atoms with Crippen LogP contribution in [0, 0.1) is 0 Å². The third kappa shape index (κ3) is 1.02. The lowest BCUT2D eigenvalue weighted by Crippen LogP contribution is -2.31. The van der Waals surface area contributed by atoms with Crippen LogP contribution in [0.4, 0.5) is 5.82 Å². The maximum atomic E-state index is 4.88. The molecule has 2 heterocycles. The second-order valence-electron chi connectivity index (χ2n) is 6.67. The molecule has 1 fully saturated rings. The summed E-state index contributed by atoms with van der Waals surface area (Å²) in [5, 5.41) is 7.60. The van der Waals surface area contributed by atoms with E-state index < -0.39 is 0 Å². The fourth-order valence-electron chi connectivity index (χ4n) is 4.06. The minimum Gasteiger partial charge on any atom is -0.363 e. The molecule has 20 heavy (non-hydrogen) atoms. The van der Waals surface area contributed by atoms with Crippen LogP contribution in [-0.2, 0) is 5.41 Å². The summed E-state index contributed by atoms with van der Waals surface area (Å²) in [5.74, 6) is 1.06. The molecule has 3 aromatic rings. The average Bonchev–Trinajstić information content (AvgIpc) is 3.02. The lowest BCUT2D eigenvalue weighted by atomic mass is 9.85. The van der Waals surface area contributed by atoms with Crippen LogP contribution in [0.5, 0.6) is 0 Å². The highest BCUT2D eigenvalue weighted by Crippen LogP contribution is 2.63. The molecule has 2 heteroatoms. The second kappa shape index (κ2) is 2.98. The summed E-state index contributed by atoms with van der Waals surface area (Å²) < 4.78 is 0. The molecule has 1 N–H and O–H groups in total. The van der Waals surface area contributed by atoms with Gasteiger partial charge in [-0.1, -0.05) is 43.3 Å². The van der Waals surface area contributed by atoms with Gasteiger partial charge in [-0.25, -0.2) is 4.98 Å². The molecule has 1 aliphatic heterocycles. The van der Waals surface area contributed by atoms with Gasteiger partial charge in [-0.05, 0) is 30.4 Å². The van der Waals surface area contributed by atoms with E-state index in [1.54, 1.807) is 0 Å². The molecule has 0 bridgehead atoms. The van der Waals surface area contributed by atoms with Gasteiger partial charge >= 0.3 is 0 Å². The number of hydrogen-bond donors (Lipinski definition) is 1. The summed E-state index contributed by atoms with van der Waals surface area (Å²) in [7, 11) is 0. The standard InChI is InChI=1S/C18H16N2/c1-17-10-18(17,2)20-16-15-12(7-5-8-13(15)17)11-6-3-4-9-14(11)19-16/h3-9H,10H2,1-2H3,(H,19,20). The normalized spacial score (nSPS) is 30.1. The van der Waals surface area contributed by atoms with Crippen LogP contribution in [0.15, 0.2) is 42.5 Å². The molecule has 0 spiro atoms. The lowest BCUT2D eigenvalue weighted by molar-refractivity contribution is 0.641.